The van der Waals surface area contributed by atoms with Crippen molar-refractivity contribution in [3.63, 3.8) is 0 Å². The predicted molar refractivity (Wildman–Crippen MR) is 97.0 cm³/mol. The molecule has 25 heavy (non-hydrogen) atoms. The Hall–Kier alpha value is -2.14. The van der Waals surface area contributed by atoms with Crippen LogP contribution in [0.1, 0.15) is 30.4 Å². The molecule has 0 bridgehead atoms. The number of piperidine rings is 1. The van der Waals surface area contributed by atoms with Crippen molar-refractivity contribution in [1.82, 2.24) is 19.6 Å². The Labute approximate surface area is 149 Å². The highest BCUT2D eigenvalue weighted by Gasteiger charge is 2.47. The molecule has 0 radical (unpaired) electrons. The summed E-state index contributed by atoms with van der Waals surface area (Å²) < 4.78 is 1.96. The molecule has 0 N–H and O–H groups in total. The van der Waals surface area contributed by atoms with Gasteiger partial charge in [-0.3, -0.25) is 14.4 Å². The third-order valence-electron chi connectivity index (χ3n) is 5.79. The van der Waals surface area contributed by atoms with Crippen LogP contribution in [0.2, 0.25) is 0 Å². The van der Waals surface area contributed by atoms with Gasteiger partial charge in [0.05, 0.1) is 12.0 Å². The standard InChI is InChI=1S/C20H26N4O/c1-22-11-4-8-20(19(22)25)9-13-23(16-20)14-17-6-2-3-7-18(17)15-24-12-5-10-21-24/h2-3,5-7,10,12H,4,8-9,11,13-16H2,1H3. The van der Waals surface area contributed by atoms with E-state index in [0.717, 1.165) is 52.0 Å². The number of likely N-dealkylation sites (tertiary alicyclic amines) is 2. The first-order valence-electron chi connectivity index (χ1n) is 9.18. The van der Waals surface area contributed by atoms with Crippen molar-refractivity contribution in [3.05, 3.63) is 53.9 Å². The van der Waals surface area contributed by atoms with Crippen LogP contribution in [0, 0.1) is 5.41 Å². The van der Waals surface area contributed by atoms with Crippen LogP contribution >= 0.6 is 0 Å². The summed E-state index contributed by atoms with van der Waals surface area (Å²) in [6.07, 6.45) is 6.99. The average Bonchev–Trinajstić information content (AvgIpc) is 3.25. The first-order valence-corrected chi connectivity index (χ1v) is 9.18. The van der Waals surface area contributed by atoms with Gasteiger partial charge in [0.15, 0.2) is 0 Å². The molecule has 2 fully saturated rings. The molecule has 5 nitrogen and oxygen atoms in total. The minimum absolute atomic E-state index is 0.135. The first kappa shape index (κ1) is 16.3. The third-order valence-corrected chi connectivity index (χ3v) is 5.79. The molecule has 2 aromatic rings. The molecule has 1 aromatic heterocycles. The van der Waals surface area contributed by atoms with E-state index in [9.17, 15) is 4.79 Å². The highest BCUT2D eigenvalue weighted by molar-refractivity contribution is 5.83. The molecule has 0 aliphatic carbocycles. The highest BCUT2D eigenvalue weighted by atomic mass is 16.2. The fraction of sp³-hybridized carbons (Fsp3) is 0.500. The molecule has 1 spiro atoms. The van der Waals surface area contributed by atoms with Crippen LogP contribution in [-0.4, -0.2) is 52.2 Å². The maximum absolute atomic E-state index is 12.7. The third kappa shape index (κ3) is 3.21. The normalized spacial score (nSPS) is 24.4. The van der Waals surface area contributed by atoms with E-state index in [1.54, 1.807) is 0 Å². The van der Waals surface area contributed by atoms with Crippen LogP contribution in [-0.2, 0) is 17.9 Å². The molecular weight excluding hydrogens is 312 g/mol. The number of aromatic nitrogens is 2. The molecule has 1 unspecified atom stereocenters. The van der Waals surface area contributed by atoms with Crippen LogP contribution in [0.15, 0.2) is 42.7 Å². The summed E-state index contributed by atoms with van der Waals surface area (Å²) in [5.41, 5.74) is 2.51. The van der Waals surface area contributed by atoms with Gasteiger partial charge in [-0.05, 0) is 43.0 Å². The molecule has 1 aromatic carbocycles. The Kier molecular flexibility index (Phi) is 4.34. The van der Waals surface area contributed by atoms with E-state index in [0.29, 0.717) is 5.91 Å². The second kappa shape index (κ2) is 6.64. The zero-order valence-electron chi connectivity index (χ0n) is 14.9. The van der Waals surface area contributed by atoms with Gasteiger partial charge >= 0.3 is 0 Å². The van der Waals surface area contributed by atoms with Gasteiger partial charge in [-0.15, -0.1) is 0 Å². The topological polar surface area (TPSA) is 41.4 Å². The summed E-state index contributed by atoms with van der Waals surface area (Å²) in [5.74, 6) is 0.353. The molecule has 1 atom stereocenters. The van der Waals surface area contributed by atoms with Gasteiger partial charge < -0.3 is 4.90 Å². The number of nitrogens with zero attached hydrogens (tertiary/aromatic N) is 4. The predicted octanol–water partition coefficient (Wildman–Crippen LogP) is 2.38. The van der Waals surface area contributed by atoms with E-state index in [4.69, 9.17) is 0 Å². The van der Waals surface area contributed by atoms with Crippen LogP contribution in [0.25, 0.3) is 0 Å². The van der Waals surface area contributed by atoms with E-state index in [1.165, 1.54) is 11.1 Å². The van der Waals surface area contributed by atoms with Gasteiger partial charge in [-0.1, -0.05) is 24.3 Å². The average molecular weight is 338 g/mol. The zero-order valence-corrected chi connectivity index (χ0v) is 14.9. The van der Waals surface area contributed by atoms with Crippen molar-refractivity contribution >= 4 is 5.91 Å². The van der Waals surface area contributed by atoms with Crippen molar-refractivity contribution in [2.75, 3.05) is 26.7 Å². The maximum atomic E-state index is 12.7. The largest absolute Gasteiger partial charge is 0.345 e. The summed E-state index contributed by atoms with van der Waals surface area (Å²) in [7, 11) is 1.95. The quantitative estimate of drug-likeness (QED) is 0.859. The van der Waals surface area contributed by atoms with E-state index in [2.05, 4.69) is 34.3 Å². The molecule has 0 saturated carbocycles. The van der Waals surface area contributed by atoms with E-state index in [1.807, 2.05) is 35.1 Å². The minimum Gasteiger partial charge on any atom is -0.345 e. The molecule has 132 valence electrons. The van der Waals surface area contributed by atoms with Crippen molar-refractivity contribution < 1.29 is 4.79 Å². The molecule has 3 heterocycles. The summed E-state index contributed by atoms with van der Waals surface area (Å²) in [5, 5.41) is 4.32. The van der Waals surface area contributed by atoms with Crippen molar-refractivity contribution in [3.8, 4) is 0 Å². The molecule has 4 rings (SSSR count). The lowest BCUT2D eigenvalue weighted by molar-refractivity contribution is -0.143. The van der Waals surface area contributed by atoms with Crippen LogP contribution in [0.5, 0.6) is 0 Å². The summed E-state index contributed by atoms with van der Waals surface area (Å²) in [6.45, 7) is 4.52. The van der Waals surface area contributed by atoms with Gasteiger partial charge in [0.2, 0.25) is 5.91 Å². The molecule has 2 aliphatic heterocycles. The second-order valence-electron chi connectivity index (χ2n) is 7.54. The van der Waals surface area contributed by atoms with E-state index in [-0.39, 0.29) is 5.41 Å². The Morgan fingerprint density at radius 1 is 1.08 bits per heavy atom. The number of benzene rings is 1. The summed E-state index contributed by atoms with van der Waals surface area (Å²) >= 11 is 0. The Balaban J connectivity index is 1.47. The minimum atomic E-state index is -0.135. The second-order valence-corrected chi connectivity index (χ2v) is 7.54. The number of carbonyl (C=O) groups is 1. The first-order chi connectivity index (χ1) is 12.2. The Bertz CT molecular complexity index is 742. The van der Waals surface area contributed by atoms with Crippen LogP contribution in [0.3, 0.4) is 0 Å². The fourth-order valence-electron chi connectivity index (χ4n) is 4.42. The molecule has 2 aliphatic rings. The van der Waals surface area contributed by atoms with E-state index < -0.39 is 0 Å². The molecule has 5 heteroatoms. The lowest BCUT2D eigenvalue weighted by Crippen LogP contribution is -2.48. The lowest BCUT2D eigenvalue weighted by Gasteiger charge is -2.37. The van der Waals surface area contributed by atoms with Gasteiger partial charge in [-0.2, -0.15) is 5.10 Å². The Morgan fingerprint density at radius 2 is 1.88 bits per heavy atom. The monoisotopic (exact) mass is 338 g/mol. The number of amides is 1. The van der Waals surface area contributed by atoms with Crippen LogP contribution in [0.4, 0.5) is 0 Å². The number of carbonyl (C=O) groups excluding carboxylic acids is 1. The van der Waals surface area contributed by atoms with Gasteiger partial charge in [0, 0.05) is 39.1 Å². The maximum Gasteiger partial charge on any atom is 0.229 e. The van der Waals surface area contributed by atoms with Gasteiger partial charge in [-0.25, -0.2) is 0 Å². The summed E-state index contributed by atoms with van der Waals surface area (Å²) in [6, 6.07) is 10.5. The molecular formula is C20H26N4O. The van der Waals surface area contributed by atoms with Crippen molar-refractivity contribution in [1.29, 1.82) is 0 Å². The van der Waals surface area contributed by atoms with Gasteiger partial charge in [0.25, 0.3) is 0 Å². The van der Waals surface area contributed by atoms with Gasteiger partial charge in [0.1, 0.15) is 0 Å². The number of hydrogen-bond acceptors (Lipinski definition) is 3. The smallest absolute Gasteiger partial charge is 0.229 e. The number of hydrogen-bond donors (Lipinski definition) is 0. The number of rotatable bonds is 4. The zero-order chi connectivity index (χ0) is 17.3. The SMILES string of the molecule is CN1CCCC2(CCN(Cc3ccccc3Cn3cccn3)C2)C1=O. The molecule has 1 amide bonds. The fourth-order valence-corrected chi connectivity index (χ4v) is 4.42. The van der Waals surface area contributed by atoms with Crippen molar-refractivity contribution in [2.45, 2.75) is 32.4 Å². The van der Waals surface area contributed by atoms with Crippen molar-refractivity contribution in [2.24, 2.45) is 5.41 Å². The van der Waals surface area contributed by atoms with E-state index >= 15 is 0 Å². The Morgan fingerprint density at radius 3 is 2.64 bits per heavy atom. The molecule has 2 saturated heterocycles. The highest BCUT2D eigenvalue weighted by Crippen LogP contribution is 2.40. The van der Waals surface area contributed by atoms with Crippen LogP contribution < -0.4 is 0 Å². The summed E-state index contributed by atoms with van der Waals surface area (Å²) in [4.78, 5) is 17.1. The lowest BCUT2D eigenvalue weighted by atomic mass is 9.78.